The number of rotatable bonds is 2. The van der Waals surface area contributed by atoms with Crippen molar-refractivity contribution in [2.75, 3.05) is 39.8 Å². The minimum absolute atomic E-state index is 1.19. The summed E-state index contributed by atoms with van der Waals surface area (Å²) in [5, 5.41) is 0. The van der Waals surface area contributed by atoms with Gasteiger partial charge in [-0.1, -0.05) is 23.3 Å². The van der Waals surface area contributed by atoms with Crippen LogP contribution in [0.4, 0.5) is 0 Å². The predicted molar refractivity (Wildman–Crippen MR) is 65.0 cm³/mol. The van der Waals surface area contributed by atoms with E-state index < -0.39 is 0 Å². The van der Waals surface area contributed by atoms with E-state index in [0.29, 0.717) is 0 Å². The topological polar surface area (TPSA) is 6.48 Å². The second-order valence-electron chi connectivity index (χ2n) is 4.92. The van der Waals surface area contributed by atoms with Crippen molar-refractivity contribution in [1.82, 2.24) is 9.80 Å². The van der Waals surface area contributed by atoms with E-state index in [0.717, 1.165) is 0 Å². The van der Waals surface area contributed by atoms with Crippen LogP contribution >= 0.6 is 0 Å². The second-order valence-corrected chi connectivity index (χ2v) is 4.92. The van der Waals surface area contributed by atoms with Gasteiger partial charge in [0.1, 0.15) is 0 Å². The van der Waals surface area contributed by atoms with Gasteiger partial charge >= 0.3 is 0 Å². The molecule has 0 spiro atoms. The third-order valence-corrected chi connectivity index (χ3v) is 3.47. The summed E-state index contributed by atoms with van der Waals surface area (Å²) in [7, 11) is 2.21. The van der Waals surface area contributed by atoms with E-state index in [1.165, 1.54) is 51.1 Å². The maximum absolute atomic E-state index is 2.58. The van der Waals surface area contributed by atoms with Gasteiger partial charge in [0.05, 0.1) is 0 Å². The number of hydrogen-bond donors (Lipinski definition) is 0. The van der Waals surface area contributed by atoms with Crippen molar-refractivity contribution in [2.45, 2.75) is 19.8 Å². The van der Waals surface area contributed by atoms with E-state index in [-0.39, 0.29) is 0 Å². The second kappa shape index (κ2) is 4.95. The average Bonchev–Trinajstić information content (AvgIpc) is 2.25. The molecular formula is C13H22N2. The van der Waals surface area contributed by atoms with Crippen LogP contribution in [0.25, 0.3) is 0 Å². The molecule has 2 heteroatoms. The fourth-order valence-corrected chi connectivity index (χ4v) is 2.21. The number of nitrogens with zero attached hydrogens (tertiary/aromatic N) is 2. The van der Waals surface area contributed by atoms with Crippen molar-refractivity contribution in [2.24, 2.45) is 0 Å². The van der Waals surface area contributed by atoms with Crippen molar-refractivity contribution < 1.29 is 0 Å². The molecule has 2 rings (SSSR count). The van der Waals surface area contributed by atoms with Gasteiger partial charge in [0.25, 0.3) is 0 Å². The molecule has 0 saturated carbocycles. The maximum Gasteiger partial charge on any atom is 0.0197 e. The van der Waals surface area contributed by atoms with E-state index in [4.69, 9.17) is 0 Å². The molecule has 0 bridgehead atoms. The minimum Gasteiger partial charge on any atom is -0.304 e. The van der Waals surface area contributed by atoms with Crippen LogP contribution in [0.1, 0.15) is 19.8 Å². The highest BCUT2D eigenvalue weighted by Crippen LogP contribution is 2.18. The molecule has 0 aromatic heterocycles. The molecule has 1 heterocycles. The summed E-state index contributed by atoms with van der Waals surface area (Å²) in [6.07, 6.45) is 7.15. The minimum atomic E-state index is 1.19. The van der Waals surface area contributed by atoms with Crippen LogP contribution in [0.3, 0.4) is 0 Å². The van der Waals surface area contributed by atoms with Crippen LogP contribution in [0.2, 0.25) is 0 Å². The van der Waals surface area contributed by atoms with Crippen molar-refractivity contribution >= 4 is 0 Å². The summed E-state index contributed by atoms with van der Waals surface area (Å²) >= 11 is 0. The molecule has 2 aliphatic rings. The number of piperazine rings is 1. The molecular weight excluding hydrogens is 184 g/mol. The molecule has 2 nitrogen and oxygen atoms in total. The molecule has 0 aromatic carbocycles. The Balaban J connectivity index is 1.82. The normalized spacial score (nSPS) is 24.9. The predicted octanol–water partition coefficient (Wildman–Crippen LogP) is 1.90. The van der Waals surface area contributed by atoms with Crippen molar-refractivity contribution in [1.29, 1.82) is 0 Å². The SMILES string of the molecule is CC1=CC=C(CN2CCN(C)CC2)CC1. The van der Waals surface area contributed by atoms with Crippen LogP contribution in [0.15, 0.2) is 23.3 Å². The Morgan fingerprint density at radius 2 is 1.80 bits per heavy atom. The molecule has 0 aromatic rings. The smallest absolute Gasteiger partial charge is 0.0197 e. The first-order valence-corrected chi connectivity index (χ1v) is 6.00. The standard InChI is InChI=1S/C13H22N2/c1-12-3-5-13(6-4-12)11-15-9-7-14(2)8-10-15/h3,5H,4,6-11H2,1-2H3. The first-order chi connectivity index (χ1) is 7.24. The van der Waals surface area contributed by atoms with Gasteiger partial charge in [-0.25, -0.2) is 0 Å². The molecule has 1 aliphatic carbocycles. The summed E-state index contributed by atoms with van der Waals surface area (Å²) in [4.78, 5) is 5.00. The quantitative estimate of drug-likeness (QED) is 0.681. The van der Waals surface area contributed by atoms with Crippen LogP contribution < -0.4 is 0 Å². The average molecular weight is 206 g/mol. The molecule has 0 N–H and O–H groups in total. The molecule has 84 valence electrons. The number of likely N-dealkylation sites (N-methyl/N-ethyl adjacent to an activating group) is 1. The Labute approximate surface area is 93.2 Å². The summed E-state index contributed by atoms with van der Waals surface area (Å²) in [6, 6.07) is 0. The highest BCUT2D eigenvalue weighted by molar-refractivity contribution is 5.23. The van der Waals surface area contributed by atoms with Crippen LogP contribution in [-0.4, -0.2) is 49.6 Å². The van der Waals surface area contributed by atoms with Gasteiger partial charge in [-0.2, -0.15) is 0 Å². The Morgan fingerprint density at radius 3 is 2.40 bits per heavy atom. The fourth-order valence-electron chi connectivity index (χ4n) is 2.21. The molecule has 0 atom stereocenters. The van der Waals surface area contributed by atoms with E-state index in [1.807, 2.05) is 0 Å². The van der Waals surface area contributed by atoms with Crippen LogP contribution in [0.5, 0.6) is 0 Å². The van der Waals surface area contributed by atoms with Gasteiger partial charge in [-0.3, -0.25) is 4.90 Å². The van der Waals surface area contributed by atoms with Gasteiger partial charge in [-0.15, -0.1) is 0 Å². The maximum atomic E-state index is 2.58. The number of hydrogen-bond acceptors (Lipinski definition) is 2. The third-order valence-electron chi connectivity index (χ3n) is 3.47. The zero-order valence-electron chi connectivity index (χ0n) is 10.00. The molecule has 1 saturated heterocycles. The van der Waals surface area contributed by atoms with Crippen molar-refractivity contribution in [3.05, 3.63) is 23.3 Å². The first kappa shape index (κ1) is 10.9. The molecule has 0 amide bonds. The van der Waals surface area contributed by atoms with E-state index in [2.05, 4.69) is 35.9 Å². The van der Waals surface area contributed by atoms with Gasteiger partial charge < -0.3 is 4.90 Å². The lowest BCUT2D eigenvalue weighted by Crippen LogP contribution is -2.45. The van der Waals surface area contributed by atoms with Gasteiger partial charge in [0, 0.05) is 32.7 Å². The summed E-state index contributed by atoms with van der Waals surface area (Å²) in [5.41, 5.74) is 3.14. The Morgan fingerprint density at radius 1 is 1.07 bits per heavy atom. The van der Waals surface area contributed by atoms with E-state index in [1.54, 1.807) is 5.57 Å². The van der Waals surface area contributed by atoms with E-state index in [9.17, 15) is 0 Å². The Kier molecular flexibility index (Phi) is 3.60. The lowest BCUT2D eigenvalue weighted by Gasteiger charge is -2.33. The highest BCUT2D eigenvalue weighted by Gasteiger charge is 2.15. The highest BCUT2D eigenvalue weighted by atomic mass is 15.2. The van der Waals surface area contributed by atoms with Crippen LogP contribution in [0, 0.1) is 0 Å². The summed E-state index contributed by atoms with van der Waals surface area (Å²) in [6.45, 7) is 8.33. The van der Waals surface area contributed by atoms with Gasteiger partial charge in [0.15, 0.2) is 0 Å². The molecule has 0 radical (unpaired) electrons. The monoisotopic (exact) mass is 206 g/mol. The Bertz CT molecular complexity index is 270. The molecule has 1 aliphatic heterocycles. The number of allylic oxidation sites excluding steroid dienone is 3. The molecule has 15 heavy (non-hydrogen) atoms. The van der Waals surface area contributed by atoms with Gasteiger partial charge in [-0.05, 0) is 26.8 Å². The van der Waals surface area contributed by atoms with Crippen molar-refractivity contribution in [3.63, 3.8) is 0 Å². The molecule has 1 fully saturated rings. The van der Waals surface area contributed by atoms with E-state index >= 15 is 0 Å². The first-order valence-electron chi connectivity index (χ1n) is 6.00. The summed E-state index contributed by atoms with van der Waals surface area (Å²) < 4.78 is 0. The van der Waals surface area contributed by atoms with Crippen molar-refractivity contribution in [3.8, 4) is 0 Å². The zero-order valence-corrected chi connectivity index (χ0v) is 10.00. The Hall–Kier alpha value is -0.600. The third kappa shape index (κ3) is 3.18. The molecule has 0 unspecified atom stereocenters. The summed E-state index contributed by atoms with van der Waals surface area (Å²) in [5.74, 6) is 0. The lowest BCUT2D eigenvalue weighted by molar-refractivity contribution is 0.163. The largest absolute Gasteiger partial charge is 0.304 e. The fraction of sp³-hybridized carbons (Fsp3) is 0.692. The van der Waals surface area contributed by atoms with Crippen LogP contribution in [-0.2, 0) is 0 Å². The van der Waals surface area contributed by atoms with Gasteiger partial charge in [0.2, 0.25) is 0 Å². The lowest BCUT2D eigenvalue weighted by atomic mass is 9.99. The zero-order chi connectivity index (χ0) is 10.7.